The Morgan fingerprint density at radius 2 is 1.88 bits per heavy atom. The Balaban J connectivity index is 2.56. The minimum absolute atomic E-state index is 0.361. The predicted molar refractivity (Wildman–Crippen MR) is 62.3 cm³/mol. The first-order valence-corrected chi connectivity index (χ1v) is 4.91. The second-order valence-corrected chi connectivity index (χ2v) is 3.13. The summed E-state index contributed by atoms with van der Waals surface area (Å²) in [6, 6.07) is 6.85. The third-order valence-electron chi connectivity index (χ3n) is 1.80. The molecule has 0 fully saturated rings. The van der Waals surface area contributed by atoms with Crippen LogP contribution in [-0.4, -0.2) is 19.2 Å². The molecule has 17 heavy (non-hydrogen) atoms. The van der Waals surface area contributed by atoms with Gasteiger partial charge in [-0.1, -0.05) is 12.1 Å². The van der Waals surface area contributed by atoms with Crippen LogP contribution in [0.2, 0.25) is 0 Å². The summed E-state index contributed by atoms with van der Waals surface area (Å²) in [4.78, 5) is 21.4. The Bertz CT molecular complexity index is 423. The Labute approximate surface area is 99.0 Å². The highest BCUT2D eigenvalue weighted by atomic mass is 16.5. The van der Waals surface area contributed by atoms with Crippen LogP contribution in [0, 0.1) is 0 Å². The van der Waals surface area contributed by atoms with Gasteiger partial charge in [0.05, 0.1) is 7.11 Å². The zero-order valence-corrected chi connectivity index (χ0v) is 9.60. The SMILES string of the molecule is COC(=O)NC=Cc1ccc(OC(C)=O)cc1. The molecule has 0 aliphatic heterocycles. The molecule has 0 aromatic heterocycles. The van der Waals surface area contributed by atoms with Gasteiger partial charge >= 0.3 is 12.1 Å². The highest BCUT2D eigenvalue weighted by molar-refractivity contribution is 5.70. The van der Waals surface area contributed by atoms with Crippen molar-refractivity contribution in [1.82, 2.24) is 5.32 Å². The Morgan fingerprint density at radius 1 is 1.24 bits per heavy atom. The van der Waals surface area contributed by atoms with Crippen molar-refractivity contribution >= 4 is 18.1 Å². The second kappa shape index (κ2) is 6.32. The number of nitrogens with one attached hydrogen (secondary N) is 1. The van der Waals surface area contributed by atoms with Gasteiger partial charge in [-0.25, -0.2) is 4.79 Å². The highest BCUT2D eigenvalue weighted by Gasteiger charge is 1.97. The lowest BCUT2D eigenvalue weighted by Crippen LogP contribution is -2.15. The minimum Gasteiger partial charge on any atom is -0.453 e. The lowest BCUT2D eigenvalue weighted by molar-refractivity contribution is -0.131. The summed E-state index contributed by atoms with van der Waals surface area (Å²) in [6.45, 7) is 1.34. The molecule has 0 heterocycles. The van der Waals surface area contributed by atoms with Crippen molar-refractivity contribution in [3.63, 3.8) is 0 Å². The fourth-order valence-electron chi connectivity index (χ4n) is 1.08. The number of alkyl carbamates (subject to hydrolysis) is 1. The Kier molecular flexibility index (Phi) is 4.75. The molecule has 5 heteroatoms. The Morgan fingerprint density at radius 3 is 2.41 bits per heavy atom. The van der Waals surface area contributed by atoms with Gasteiger partial charge in [-0.2, -0.15) is 0 Å². The standard InChI is InChI=1S/C12H13NO4/c1-9(14)17-11-5-3-10(4-6-11)7-8-13-12(15)16-2/h3-8H,1-2H3,(H,13,15). The van der Waals surface area contributed by atoms with Gasteiger partial charge in [0.15, 0.2) is 0 Å². The average molecular weight is 235 g/mol. The monoisotopic (exact) mass is 235 g/mol. The zero-order valence-electron chi connectivity index (χ0n) is 9.60. The number of benzene rings is 1. The molecule has 0 atom stereocenters. The molecular weight excluding hydrogens is 222 g/mol. The van der Waals surface area contributed by atoms with E-state index in [9.17, 15) is 9.59 Å². The summed E-state index contributed by atoms with van der Waals surface area (Å²) in [5.74, 6) is 0.122. The van der Waals surface area contributed by atoms with E-state index >= 15 is 0 Å². The van der Waals surface area contributed by atoms with Crippen molar-refractivity contribution < 1.29 is 19.1 Å². The number of esters is 1. The quantitative estimate of drug-likeness (QED) is 0.642. The number of amides is 1. The molecule has 0 spiro atoms. The van der Waals surface area contributed by atoms with E-state index in [4.69, 9.17) is 4.74 Å². The summed E-state index contributed by atoms with van der Waals surface area (Å²) in [6.07, 6.45) is 2.62. The molecule has 0 aliphatic rings. The molecule has 0 saturated heterocycles. The summed E-state index contributed by atoms with van der Waals surface area (Å²) in [5.41, 5.74) is 0.859. The summed E-state index contributed by atoms with van der Waals surface area (Å²) in [7, 11) is 1.29. The minimum atomic E-state index is -0.530. The van der Waals surface area contributed by atoms with Gasteiger partial charge in [0.2, 0.25) is 0 Å². The molecule has 1 aromatic carbocycles. The molecule has 0 radical (unpaired) electrons. The molecule has 0 unspecified atom stereocenters. The van der Waals surface area contributed by atoms with Crippen LogP contribution >= 0.6 is 0 Å². The van der Waals surface area contributed by atoms with Gasteiger partial charge in [-0.05, 0) is 23.8 Å². The zero-order chi connectivity index (χ0) is 12.7. The third-order valence-corrected chi connectivity index (χ3v) is 1.80. The van der Waals surface area contributed by atoms with Crippen molar-refractivity contribution in [2.75, 3.05) is 7.11 Å². The van der Waals surface area contributed by atoms with Gasteiger partial charge < -0.3 is 9.47 Å². The van der Waals surface area contributed by atoms with Crippen LogP contribution < -0.4 is 10.1 Å². The highest BCUT2D eigenvalue weighted by Crippen LogP contribution is 2.12. The van der Waals surface area contributed by atoms with Crippen LogP contribution in [0.15, 0.2) is 30.5 Å². The number of rotatable bonds is 3. The smallest absolute Gasteiger partial charge is 0.410 e. The Hall–Kier alpha value is -2.30. The number of carbonyl (C=O) groups is 2. The maximum absolute atomic E-state index is 10.7. The number of hydrogen-bond donors (Lipinski definition) is 1. The maximum atomic E-state index is 10.7. The van der Waals surface area contributed by atoms with Crippen molar-refractivity contribution in [2.45, 2.75) is 6.92 Å². The molecule has 0 saturated carbocycles. The van der Waals surface area contributed by atoms with Crippen LogP contribution in [0.4, 0.5) is 4.79 Å². The van der Waals surface area contributed by atoms with Crippen molar-refractivity contribution in [3.8, 4) is 5.75 Å². The average Bonchev–Trinajstić information content (AvgIpc) is 2.30. The summed E-state index contributed by atoms with van der Waals surface area (Å²) < 4.78 is 9.27. The van der Waals surface area contributed by atoms with Crippen LogP contribution in [0.5, 0.6) is 5.75 Å². The largest absolute Gasteiger partial charge is 0.453 e. The molecule has 1 aromatic rings. The van der Waals surface area contributed by atoms with E-state index in [1.807, 2.05) is 0 Å². The fraction of sp³-hybridized carbons (Fsp3) is 0.167. The molecule has 1 rings (SSSR count). The lowest BCUT2D eigenvalue weighted by atomic mass is 10.2. The number of ether oxygens (including phenoxy) is 2. The fourth-order valence-corrected chi connectivity index (χ4v) is 1.08. The van der Waals surface area contributed by atoms with Crippen LogP contribution in [-0.2, 0) is 9.53 Å². The number of hydrogen-bond acceptors (Lipinski definition) is 4. The topological polar surface area (TPSA) is 64.6 Å². The van der Waals surface area contributed by atoms with Crippen LogP contribution in [0.3, 0.4) is 0 Å². The van der Waals surface area contributed by atoms with Gasteiger partial charge in [0, 0.05) is 13.1 Å². The normalized spacial score (nSPS) is 10.0. The van der Waals surface area contributed by atoms with Gasteiger partial charge in [0.25, 0.3) is 0 Å². The first kappa shape index (κ1) is 12.8. The predicted octanol–water partition coefficient (Wildman–Crippen LogP) is 1.94. The van der Waals surface area contributed by atoms with Crippen molar-refractivity contribution in [2.24, 2.45) is 0 Å². The third kappa shape index (κ3) is 4.83. The van der Waals surface area contributed by atoms with E-state index in [0.29, 0.717) is 5.75 Å². The van der Waals surface area contributed by atoms with Gasteiger partial charge in [-0.3, -0.25) is 10.1 Å². The van der Waals surface area contributed by atoms with E-state index < -0.39 is 6.09 Å². The van der Waals surface area contributed by atoms with Gasteiger partial charge in [0.1, 0.15) is 5.75 Å². The van der Waals surface area contributed by atoms with E-state index in [-0.39, 0.29) is 5.97 Å². The van der Waals surface area contributed by atoms with Crippen molar-refractivity contribution in [1.29, 1.82) is 0 Å². The van der Waals surface area contributed by atoms with E-state index in [2.05, 4.69) is 10.1 Å². The van der Waals surface area contributed by atoms with Gasteiger partial charge in [-0.15, -0.1) is 0 Å². The second-order valence-electron chi connectivity index (χ2n) is 3.13. The molecule has 5 nitrogen and oxygen atoms in total. The van der Waals surface area contributed by atoms with E-state index in [1.54, 1.807) is 30.3 Å². The summed E-state index contributed by atoms with van der Waals surface area (Å²) >= 11 is 0. The number of carbonyl (C=O) groups excluding carboxylic acids is 2. The molecule has 90 valence electrons. The molecular formula is C12H13NO4. The van der Waals surface area contributed by atoms with E-state index in [1.165, 1.54) is 20.2 Å². The molecule has 1 N–H and O–H groups in total. The number of methoxy groups -OCH3 is 1. The van der Waals surface area contributed by atoms with Crippen LogP contribution in [0.1, 0.15) is 12.5 Å². The molecule has 0 aliphatic carbocycles. The maximum Gasteiger partial charge on any atom is 0.410 e. The lowest BCUT2D eigenvalue weighted by Gasteiger charge is -2.01. The first-order valence-electron chi connectivity index (χ1n) is 4.91. The molecule has 1 amide bonds. The molecule has 0 bridgehead atoms. The van der Waals surface area contributed by atoms with E-state index in [0.717, 1.165) is 5.56 Å². The van der Waals surface area contributed by atoms with Crippen LogP contribution in [0.25, 0.3) is 6.08 Å². The summed E-state index contributed by atoms with van der Waals surface area (Å²) in [5, 5.41) is 2.40. The first-order chi connectivity index (χ1) is 8.11. The van der Waals surface area contributed by atoms with Crippen molar-refractivity contribution in [3.05, 3.63) is 36.0 Å².